The summed E-state index contributed by atoms with van der Waals surface area (Å²) in [5.74, 6) is 6.64. The van der Waals surface area contributed by atoms with Crippen molar-refractivity contribution in [2.24, 2.45) is 5.73 Å². The highest BCUT2D eigenvalue weighted by Gasteiger charge is 2.34. The minimum absolute atomic E-state index is 0. The Balaban J connectivity index is 0.00000387. The number of carbonyl (C=O) groups excluding carboxylic acids is 2. The number of hydrogen-bond acceptors (Lipinski definition) is 8. The first-order valence-corrected chi connectivity index (χ1v) is 13.5. The molecule has 2 fully saturated rings. The third kappa shape index (κ3) is 6.10. The second-order valence-corrected chi connectivity index (χ2v) is 9.99. The summed E-state index contributed by atoms with van der Waals surface area (Å²) in [4.78, 5) is 49.6. The number of fused-ring (bicyclic) bond motifs is 1. The molecule has 0 bridgehead atoms. The maximum Gasteiger partial charge on any atom is 0.278 e. The highest BCUT2D eigenvalue weighted by Crippen LogP contribution is 2.33. The van der Waals surface area contributed by atoms with E-state index in [2.05, 4.69) is 21.7 Å². The van der Waals surface area contributed by atoms with Crippen LogP contribution in [0.2, 0.25) is 0 Å². The van der Waals surface area contributed by atoms with Crippen molar-refractivity contribution >= 4 is 40.9 Å². The predicted molar refractivity (Wildman–Crippen MR) is 158 cm³/mol. The molecule has 41 heavy (non-hydrogen) atoms. The summed E-state index contributed by atoms with van der Waals surface area (Å²) in [5.41, 5.74) is 7.27. The third-order valence-corrected chi connectivity index (χ3v) is 7.39. The molecule has 2 aliphatic rings. The minimum Gasteiger partial charge on any atom is -0.497 e. The van der Waals surface area contributed by atoms with Crippen molar-refractivity contribution in [3.05, 3.63) is 52.1 Å². The van der Waals surface area contributed by atoms with E-state index in [1.165, 1.54) is 18.0 Å². The first-order chi connectivity index (χ1) is 19.4. The molecular weight excluding hydrogens is 548 g/mol. The van der Waals surface area contributed by atoms with Gasteiger partial charge in [0.25, 0.3) is 11.5 Å². The first kappa shape index (κ1) is 30.1. The fourth-order valence-electron chi connectivity index (χ4n) is 5.37. The molecule has 0 saturated carbocycles. The second kappa shape index (κ2) is 13.2. The number of morpholine rings is 1. The first-order valence-electron chi connectivity index (χ1n) is 13.5. The zero-order valence-electron chi connectivity index (χ0n) is 23.3. The number of ether oxygens (including phenoxy) is 2. The molecule has 1 amide bonds. The van der Waals surface area contributed by atoms with Crippen molar-refractivity contribution < 1.29 is 19.1 Å². The Kier molecular flexibility index (Phi) is 9.70. The van der Waals surface area contributed by atoms with E-state index in [4.69, 9.17) is 15.2 Å². The average Bonchev–Trinajstić information content (AvgIpc) is 3.32. The van der Waals surface area contributed by atoms with E-state index in [1.54, 1.807) is 40.7 Å². The number of benzene rings is 1. The van der Waals surface area contributed by atoms with Crippen LogP contribution in [0.25, 0.3) is 11.0 Å². The Morgan fingerprint density at radius 2 is 2.00 bits per heavy atom. The number of nitrogens with two attached hydrogens (primary N) is 1. The number of nitrogens with zero attached hydrogens (tertiary/aromatic N) is 5. The van der Waals surface area contributed by atoms with E-state index >= 15 is 0 Å². The quantitative estimate of drug-likeness (QED) is 0.331. The monoisotopic (exact) mass is 582 g/mol. The Labute approximate surface area is 244 Å². The predicted octanol–water partition coefficient (Wildman–Crippen LogP) is 1.93. The lowest BCUT2D eigenvalue weighted by atomic mass is 10.1. The van der Waals surface area contributed by atoms with Crippen LogP contribution >= 0.6 is 12.4 Å². The van der Waals surface area contributed by atoms with Crippen LogP contribution in [0.5, 0.6) is 5.75 Å². The number of carbonyl (C=O) groups is 2. The van der Waals surface area contributed by atoms with Gasteiger partial charge in [-0.3, -0.25) is 19.0 Å². The van der Waals surface area contributed by atoms with Crippen molar-refractivity contribution in [1.82, 2.24) is 19.0 Å². The summed E-state index contributed by atoms with van der Waals surface area (Å²) < 4.78 is 13.8. The molecule has 1 aromatic carbocycles. The zero-order valence-corrected chi connectivity index (χ0v) is 24.1. The van der Waals surface area contributed by atoms with Crippen LogP contribution in [0.4, 0.5) is 5.82 Å². The molecule has 3 aromatic rings. The number of aromatic nitrogens is 3. The van der Waals surface area contributed by atoms with Gasteiger partial charge in [0, 0.05) is 37.8 Å². The van der Waals surface area contributed by atoms with Crippen molar-refractivity contribution in [1.29, 1.82) is 0 Å². The van der Waals surface area contributed by atoms with E-state index in [0.29, 0.717) is 67.6 Å². The van der Waals surface area contributed by atoms with Gasteiger partial charge in [-0.2, -0.15) is 0 Å². The third-order valence-electron chi connectivity index (χ3n) is 7.39. The molecule has 2 saturated heterocycles. The summed E-state index contributed by atoms with van der Waals surface area (Å²) in [5, 5.41) is 0. The summed E-state index contributed by atoms with van der Waals surface area (Å²) in [7, 11) is 1.53. The lowest BCUT2D eigenvalue weighted by Gasteiger charge is -2.34. The van der Waals surface area contributed by atoms with E-state index < -0.39 is 5.56 Å². The van der Waals surface area contributed by atoms with Crippen LogP contribution in [0.15, 0.2) is 35.4 Å². The number of Topliss-reactive ketones (excluding diaryl/α,β-unsaturated/α-hetero) is 1. The Hall–Kier alpha value is -3.85. The SMILES string of the molecule is CC#CCn1c(N2CCC[C@H](N)C2)c(C(=O)N2CCOCC2)c2ncn(CC(=O)c3cccc(OC)c3)c(=O)c21.Cl. The number of piperidine rings is 1. The second-order valence-electron chi connectivity index (χ2n) is 9.99. The van der Waals surface area contributed by atoms with Gasteiger partial charge < -0.3 is 29.6 Å². The molecule has 11 nitrogen and oxygen atoms in total. The van der Waals surface area contributed by atoms with Crippen LogP contribution in [0.1, 0.15) is 40.5 Å². The van der Waals surface area contributed by atoms with Gasteiger partial charge >= 0.3 is 0 Å². The standard InChI is InChI=1S/C29H34N6O5.ClH/c1-3-4-11-35-26-25(31-19-34(29(26)38)18-23(36)20-7-5-9-22(16-20)39-2)24(28(37)32-12-14-40-15-13-32)27(35)33-10-6-8-21(30)17-33;/h5,7,9,16,19,21H,6,8,10-15,17-18,30H2,1-2H3;1H/t21-;/m0./s1. The zero-order chi connectivity index (χ0) is 28.2. The lowest BCUT2D eigenvalue weighted by molar-refractivity contribution is 0.0304. The maximum absolute atomic E-state index is 14.0. The highest BCUT2D eigenvalue weighted by molar-refractivity contribution is 6.11. The highest BCUT2D eigenvalue weighted by atomic mass is 35.5. The van der Waals surface area contributed by atoms with Gasteiger partial charge in [-0.25, -0.2) is 4.98 Å². The number of hydrogen-bond donors (Lipinski definition) is 1. The molecule has 0 radical (unpaired) electrons. The number of anilines is 1. The smallest absolute Gasteiger partial charge is 0.278 e. The van der Waals surface area contributed by atoms with Gasteiger partial charge in [0.15, 0.2) is 5.78 Å². The Morgan fingerprint density at radius 1 is 1.22 bits per heavy atom. The van der Waals surface area contributed by atoms with Crippen LogP contribution in [-0.2, 0) is 17.8 Å². The molecule has 0 aliphatic carbocycles. The van der Waals surface area contributed by atoms with Crippen molar-refractivity contribution in [2.45, 2.75) is 38.9 Å². The number of halogens is 1. The van der Waals surface area contributed by atoms with Crippen LogP contribution in [0.3, 0.4) is 0 Å². The fourth-order valence-corrected chi connectivity index (χ4v) is 5.37. The van der Waals surface area contributed by atoms with Crippen molar-refractivity contribution in [3.8, 4) is 17.6 Å². The van der Waals surface area contributed by atoms with Crippen LogP contribution in [-0.4, -0.2) is 83.3 Å². The molecule has 2 aliphatic heterocycles. The fraction of sp³-hybridized carbons (Fsp3) is 0.448. The molecule has 0 spiro atoms. The van der Waals surface area contributed by atoms with Gasteiger partial charge in [-0.1, -0.05) is 18.1 Å². The molecule has 0 unspecified atom stereocenters. The Morgan fingerprint density at radius 3 is 2.71 bits per heavy atom. The molecule has 218 valence electrons. The van der Waals surface area contributed by atoms with Crippen molar-refractivity contribution in [3.63, 3.8) is 0 Å². The summed E-state index contributed by atoms with van der Waals surface area (Å²) in [6.07, 6.45) is 3.09. The molecule has 1 atom stereocenters. The lowest BCUT2D eigenvalue weighted by Crippen LogP contribution is -2.45. The van der Waals surface area contributed by atoms with E-state index in [-0.39, 0.29) is 48.7 Å². The van der Waals surface area contributed by atoms with E-state index in [1.807, 2.05) is 0 Å². The molecule has 12 heteroatoms. The number of ketones is 1. The molecule has 5 rings (SSSR count). The normalized spacial score (nSPS) is 17.0. The van der Waals surface area contributed by atoms with Gasteiger partial charge in [0.05, 0.1) is 39.7 Å². The van der Waals surface area contributed by atoms with Gasteiger partial charge in [-0.05, 0) is 31.9 Å². The topological polar surface area (TPSA) is 125 Å². The minimum atomic E-state index is -0.414. The number of rotatable bonds is 7. The van der Waals surface area contributed by atoms with Gasteiger partial charge in [0.2, 0.25) is 0 Å². The van der Waals surface area contributed by atoms with Crippen LogP contribution in [0, 0.1) is 11.8 Å². The summed E-state index contributed by atoms with van der Waals surface area (Å²) in [6.45, 7) is 4.73. The number of amides is 1. The van der Waals surface area contributed by atoms with Gasteiger partial charge in [-0.15, -0.1) is 18.3 Å². The molecule has 2 N–H and O–H groups in total. The van der Waals surface area contributed by atoms with Crippen molar-refractivity contribution in [2.75, 3.05) is 51.4 Å². The average molecular weight is 583 g/mol. The summed E-state index contributed by atoms with van der Waals surface area (Å²) in [6, 6.07) is 6.73. The van der Waals surface area contributed by atoms with E-state index in [0.717, 1.165) is 12.8 Å². The number of methoxy groups -OCH3 is 1. The molecule has 2 aromatic heterocycles. The molecule has 4 heterocycles. The summed E-state index contributed by atoms with van der Waals surface area (Å²) >= 11 is 0. The van der Waals surface area contributed by atoms with E-state index in [9.17, 15) is 14.4 Å². The molecular formula is C29H35ClN6O5. The Bertz CT molecular complexity index is 1550. The largest absolute Gasteiger partial charge is 0.497 e. The maximum atomic E-state index is 14.0. The van der Waals surface area contributed by atoms with Crippen LogP contribution < -0.4 is 20.9 Å². The van der Waals surface area contributed by atoms with Gasteiger partial charge in [0.1, 0.15) is 28.2 Å².